The lowest BCUT2D eigenvalue weighted by molar-refractivity contribution is 0.631. The monoisotopic (exact) mass is 281 g/mol. The van der Waals surface area contributed by atoms with Gasteiger partial charge < -0.3 is 5.32 Å². The van der Waals surface area contributed by atoms with Gasteiger partial charge in [0.05, 0.1) is 10.7 Å². The molecule has 1 N–H and O–H groups in total. The van der Waals surface area contributed by atoms with Gasteiger partial charge in [-0.25, -0.2) is 4.39 Å². The van der Waals surface area contributed by atoms with Gasteiger partial charge in [0.1, 0.15) is 0 Å². The molecule has 0 bridgehead atoms. The smallest absolute Gasteiger partial charge is 0.164 e. The van der Waals surface area contributed by atoms with Crippen molar-refractivity contribution in [2.45, 2.75) is 4.90 Å². The highest BCUT2D eigenvalue weighted by atomic mass is 35.5. The summed E-state index contributed by atoms with van der Waals surface area (Å²) in [5.74, 6) is 0.486. The van der Waals surface area contributed by atoms with Crippen molar-refractivity contribution in [3.63, 3.8) is 0 Å². The molecular formula is C14H13ClFNS. The largest absolute Gasteiger partial charge is 0.382 e. The van der Waals surface area contributed by atoms with Gasteiger partial charge in [0.15, 0.2) is 5.82 Å². The fourth-order valence-corrected chi connectivity index (χ4v) is 2.48. The third kappa shape index (κ3) is 3.65. The van der Waals surface area contributed by atoms with E-state index in [1.54, 1.807) is 30.0 Å². The van der Waals surface area contributed by atoms with Gasteiger partial charge in [0, 0.05) is 17.2 Å². The highest BCUT2D eigenvalue weighted by Gasteiger charge is 2.04. The average molecular weight is 282 g/mol. The fraction of sp³-hybridized carbons (Fsp3) is 0.143. The van der Waals surface area contributed by atoms with Crippen LogP contribution in [-0.2, 0) is 0 Å². The second-order valence-corrected chi connectivity index (χ2v) is 5.27. The molecule has 0 fully saturated rings. The summed E-state index contributed by atoms with van der Waals surface area (Å²) in [6.07, 6.45) is 0. The van der Waals surface area contributed by atoms with Gasteiger partial charge in [-0.15, -0.1) is 11.8 Å². The molecule has 0 aliphatic carbocycles. The van der Waals surface area contributed by atoms with Crippen LogP contribution in [-0.4, -0.2) is 12.3 Å². The second-order valence-electron chi connectivity index (χ2n) is 3.69. The molecule has 2 rings (SSSR count). The molecule has 0 aliphatic rings. The Hall–Kier alpha value is -1.19. The minimum atomic E-state index is -0.385. The van der Waals surface area contributed by atoms with Crippen molar-refractivity contribution in [1.82, 2.24) is 0 Å². The van der Waals surface area contributed by atoms with Crippen molar-refractivity contribution < 1.29 is 4.39 Å². The first-order valence-electron chi connectivity index (χ1n) is 5.63. The minimum absolute atomic E-state index is 0.149. The molecule has 0 aromatic heterocycles. The Labute approximate surface area is 115 Å². The molecule has 18 heavy (non-hydrogen) atoms. The van der Waals surface area contributed by atoms with Crippen LogP contribution < -0.4 is 5.32 Å². The molecule has 94 valence electrons. The first kappa shape index (κ1) is 13.2. The summed E-state index contributed by atoms with van der Waals surface area (Å²) in [4.78, 5) is 1.21. The number of nitrogens with one attached hydrogen (secondary N) is 1. The van der Waals surface area contributed by atoms with E-state index in [0.717, 1.165) is 5.75 Å². The lowest BCUT2D eigenvalue weighted by atomic mass is 10.3. The van der Waals surface area contributed by atoms with E-state index in [2.05, 4.69) is 17.4 Å². The second kappa shape index (κ2) is 6.66. The maximum Gasteiger partial charge on any atom is 0.164 e. The molecular weight excluding hydrogens is 269 g/mol. The Balaban J connectivity index is 1.81. The van der Waals surface area contributed by atoms with Crippen LogP contribution in [0, 0.1) is 5.82 Å². The normalized spacial score (nSPS) is 10.3. The van der Waals surface area contributed by atoms with Crippen molar-refractivity contribution in [1.29, 1.82) is 0 Å². The molecule has 0 spiro atoms. The Morgan fingerprint density at radius 3 is 2.61 bits per heavy atom. The Bertz CT molecular complexity index is 504. The standard InChI is InChI=1S/C14H13ClFNS/c15-12-7-4-8-13(14(12)16)17-9-10-18-11-5-2-1-3-6-11/h1-8,17H,9-10H2. The maximum atomic E-state index is 13.6. The number of rotatable bonds is 5. The van der Waals surface area contributed by atoms with E-state index in [9.17, 15) is 4.39 Å². The molecule has 0 atom stereocenters. The summed E-state index contributed by atoms with van der Waals surface area (Å²) in [5.41, 5.74) is 0.455. The summed E-state index contributed by atoms with van der Waals surface area (Å²) in [6, 6.07) is 15.1. The summed E-state index contributed by atoms with van der Waals surface area (Å²) in [7, 11) is 0. The fourth-order valence-electron chi connectivity index (χ4n) is 1.51. The zero-order valence-electron chi connectivity index (χ0n) is 9.70. The molecule has 0 aliphatic heterocycles. The van der Waals surface area contributed by atoms with Crippen LogP contribution in [0.25, 0.3) is 0 Å². The Morgan fingerprint density at radius 2 is 1.83 bits per heavy atom. The lowest BCUT2D eigenvalue weighted by Crippen LogP contribution is -2.05. The summed E-state index contributed by atoms with van der Waals surface area (Å²) in [5, 5.41) is 3.19. The first-order chi connectivity index (χ1) is 8.77. The topological polar surface area (TPSA) is 12.0 Å². The summed E-state index contributed by atoms with van der Waals surface area (Å²) < 4.78 is 13.6. The number of benzene rings is 2. The van der Waals surface area contributed by atoms with Crippen LogP contribution in [0.3, 0.4) is 0 Å². The van der Waals surface area contributed by atoms with Crippen molar-refractivity contribution in [3.8, 4) is 0 Å². The maximum absolute atomic E-state index is 13.6. The number of halogens is 2. The van der Waals surface area contributed by atoms with Crippen LogP contribution >= 0.6 is 23.4 Å². The quantitative estimate of drug-likeness (QED) is 0.631. The van der Waals surface area contributed by atoms with Crippen LogP contribution in [0.2, 0.25) is 5.02 Å². The predicted octanol–water partition coefficient (Wildman–Crippen LogP) is 4.68. The Kier molecular flexibility index (Phi) is 4.90. The zero-order chi connectivity index (χ0) is 12.8. The molecule has 0 radical (unpaired) electrons. The number of anilines is 1. The van der Waals surface area contributed by atoms with Gasteiger partial charge in [0.25, 0.3) is 0 Å². The van der Waals surface area contributed by atoms with Gasteiger partial charge in [-0.1, -0.05) is 35.9 Å². The van der Waals surface area contributed by atoms with Crippen molar-refractivity contribution in [2.24, 2.45) is 0 Å². The molecule has 0 unspecified atom stereocenters. The van der Waals surface area contributed by atoms with Crippen molar-refractivity contribution >= 4 is 29.1 Å². The molecule has 2 aromatic carbocycles. The van der Waals surface area contributed by atoms with Gasteiger partial charge in [-0.2, -0.15) is 0 Å². The average Bonchev–Trinajstić information content (AvgIpc) is 2.40. The van der Waals surface area contributed by atoms with Crippen LogP contribution in [0.1, 0.15) is 0 Å². The minimum Gasteiger partial charge on any atom is -0.382 e. The first-order valence-corrected chi connectivity index (χ1v) is 6.99. The SMILES string of the molecule is Fc1c(Cl)cccc1NCCSc1ccccc1. The predicted molar refractivity (Wildman–Crippen MR) is 77.1 cm³/mol. The molecule has 0 saturated heterocycles. The molecule has 0 saturated carbocycles. The molecule has 0 amide bonds. The van der Waals surface area contributed by atoms with Gasteiger partial charge >= 0.3 is 0 Å². The van der Waals surface area contributed by atoms with Crippen LogP contribution in [0.4, 0.5) is 10.1 Å². The molecule has 2 aromatic rings. The summed E-state index contributed by atoms with van der Waals surface area (Å²) >= 11 is 7.43. The number of thioether (sulfide) groups is 1. The zero-order valence-corrected chi connectivity index (χ0v) is 11.3. The number of hydrogen-bond acceptors (Lipinski definition) is 2. The third-order valence-electron chi connectivity index (χ3n) is 2.38. The highest BCUT2D eigenvalue weighted by molar-refractivity contribution is 7.99. The summed E-state index contributed by atoms with van der Waals surface area (Å²) in [6.45, 7) is 0.691. The van der Waals surface area contributed by atoms with E-state index >= 15 is 0 Å². The van der Waals surface area contributed by atoms with Crippen molar-refractivity contribution in [2.75, 3.05) is 17.6 Å². The van der Waals surface area contributed by atoms with Gasteiger partial charge in [-0.3, -0.25) is 0 Å². The molecule has 0 heterocycles. The Morgan fingerprint density at radius 1 is 1.06 bits per heavy atom. The van der Waals surface area contributed by atoms with E-state index in [1.807, 2.05) is 18.2 Å². The number of hydrogen-bond donors (Lipinski definition) is 1. The van der Waals surface area contributed by atoms with Crippen LogP contribution in [0.5, 0.6) is 0 Å². The van der Waals surface area contributed by atoms with E-state index < -0.39 is 0 Å². The van der Waals surface area contributed by atoms with E-state index in [4.69, 9.17) is 11.6 Å². The van der Waals surface area contributed by atoms with Crippen molar-refractivity contribution in [3.05, 3.63) is 59.4 Å². The third-order valence-corrected chi connectivity index (χ3v) is 3.69. The molecule has 1 nitrogen and oxygen atoms in total. The van der Waals surface area contributed by atoms with E-state index in [-0.39, 0.29) is 10.8 Å². The van der Waals surface area contributed by atoms with Crippen LogP contribution in [0.15, 0.2) is 53.4 Å². The van der Waals surface area contributed by atoms with Gasteiger partial charge in [-0.05, 0) is 24.3 Å². The van der Waals surface area contributed by atoms with Gasteiger partial charge in [0.2, 0.25) is 0 Å². The highest BCUT2D eigenvalue weighted by Crippen LogP contribution is 2.22. The van der Waals surface area contributed by atoms with E-state index in [0.29, 0.717) is 12.2 Å². The van der Waals surface area contributed by atoms with E-state index in [1.165, 1.54) is 4.90 Å². The molecule has 4 heteroatoms. The lowest BCUT2D eigenvalue weighted by Gasteiger charge is -2.08.